The average Bonchev–Trinajstić information content (AvgIpc) is 2.76. The average molecular weight is 267 g/mol. The van der Waals surface area contributed by atoms with Gasteiger partial charge in [0.1, 0.15) is 5.82 Å². The van der Waals surface area contributed by atoms with Gasteiger partial charge in [-0.05, 0) is 26.0 Å². The minimum atomic E-state index is -0.587. The van der Waals surface area contributed by atoms with Gasteiger partial charge in [-0.25, -0.2) is 4.39 Å². The molecule has 5 heteroatoms. The minimum Gasteiger partial charge on any atom is -0.384 e. The van der Waals surface area contributed by atoms with Gasteiger partial charge in [0.05, 0.1) is 18.8 Å². The van der Waals surface area contributed by atoms with Crippen LogP contribution in [0.4, 0.5) is 10.1 Å². The monoisotopic (exact) mass is 267 g/mol. The molecule has 0 unspecified atom stereocenters. The van der Waals surface area contributed by atoms with Crippen LogP contribution >= 0.6 is 0 Å². The molecule has 1 aliphatic heterocycles. The predicted octanol–water partition coefficient (Wildman–Crippen LogP) is 2.59. The van der Waals surface area contributed by atoms with Crippen LogP contribution < -0.4 is 5.32 Å². The second kappa shape index (κ2) is 5.67. The van der Waals surface area contributed by atoms with Crippen molar-refractivity contribution in [3.8, 4) is 0 Å². The van der Waals surface area contributed by atoms with E-state index in [-0.39, 0.29) is 11.3 Å². The Kier molecular flexibility index (Phi) is 4.17. The van der Waals surface area contributed by atoms with Crippen molar-refractivity contribution in [2.24, 2.45) is 0 Å². The van der Waals surface area contributed by atoms with Crippen molar-refractivity contribution < 1.29 is 18.7 Å². The molecular formula is C14H18FNO3. The number of ketones is 1. The summed E-state index contributed by atoms with van der Waals surface area (Å²) in [5.41, 5.74) is 0.606. The molecule has 0 radical (unpaired) electrons. The standard InChI is InChI=1S/C14H18FNO3/c1-10(17)13-11(15)4-3-5-12(13)16-7-6-14(2)18-8-9-19-14/h3-5,16H,6-9H2,1-2H3. The van der Waals surface area contributed by atoms with E-state index in [1.165, 1.54) is 13.0 Å². The summed E-state index contributed by atoms with van der Waals surface area (Å²) in [5.74, 6) is -1.38. The zero-order valence-corrected chi connectivity index (χ0v) is 11.2. The van der Waals surface area contributed by atoms with Crippen LogP contribution in [0, 0.1) is 5.82 Å². The van der Waals surface area contributed by atoms with Crippen molar-refractivity contribution in [3.05, 3.63) is 29.6 Å². The SMILES string of the molecule is CC(=O)c1c(F)cccc1NCCC1(C)OCCO1. The maximum atomic E-state index is 13.6. The first kappa shape index (κ1) is 14.0. The Labute approximate surface area is 111 Å². The first-order valence-corrected chi connectivity index (χ1v) is 6.33. The predicted molar refractivity (Wildman–Crippen MR) is 69.8 cm³/mol. The molecule has 0 bridgehead atoms. The lowest BCUT2D eigenvalue weighted by Crippen LogP contribution is -2.28. The van der Waals surface area contributed by atoms with Crippen LogP contribution in [0.2, 0.25) is 0 Å². The Balaban J connectivity index is 2.00. The van der Waals surface area contributed by atoms with Gasteiger partial charge in [0.25, 0.3) is 0 Å². The topological polar surface area (TPSA) is 47.6 Å². The zero-order chi connectivity index (χ0) is 13.9. The number of rotatable bonds is 5. The van der Waals surface area contributed by atoms with Gasteiger partial charge in [0.2, 0.25) is 0 Å². The number of carbonyl (C=O) groups excluding carboxylic acids is 1. The number of Topliss-reactive ketones (excluding diaryl/α,β-unsaturated/α-hetero) is 1. The number of nitrogens with one attached hydrogen (secondary N) is 1. The number of halogens is 1. The van der Waals surface area contributed by atoms with Gasteiger partial charge < -0.3 is 14.8 Å². The van der Waals surface area contributed by atoms with Crippen molar-refractivity contribution in [2.75, 3.05) is 25.1 Å². The second-order valence-corrected chi connectivity index (χ2v) is 4.73. The molecule has 0 amide bonds. The molecule has 4 nitrogen and oxygen atoms in total. The van der Waals surface area contributed by atoms with Crippen LogP contribution in [-0.4, -0.2) is 31.3 Å². The van der Waals surface area contributed by atoms with E-state index in [0.29, 0.717) is 31.9 Å². The summed E-state index contributed by atoms with van der Waals surface area (Å²) in [6.07, 6.45) is 0.626. The van der Waals surface area contributed by atoms with Crippen LogP contribution in [0.25, 0.3) is 0 Å². The Morgan fingerprint density at radius 2 is 2.11 bits per heavy atom. The van der Waals surface area contributed by atoms with Gasteiger partial charge in [0, 0.05) is 18.7 Å². The fourth-order valence-corrected chi connectivity index (χ4v) is 2.15. The molecule has 1 aliphatic rings. The number of anilines is 1. The summed E-state index contributed by atoms with van der Waals surface area (Å²) in [5, 5.41) is 3.07. The Morgan fingerprint density at radius 1 is 1.42 bits per heavy atom. The van der Waals surface area contributed by atoms with Gasteiger partial charge in [-0.2, -0.15) is 0 Å². The van der Waals surface area contributed by atoms with Gasteiger partial charge in [0.15, 0.2) is 11.6 Å². The highest BCUT2D eigenvalue weighted by Crippen LogP contribution is 2.24. The van der Waals surface area contributed by atoms with E-state index in [1.54, 1.807) is 12.1 Å². The van der Waals surface area contributed by atoms with Crippen molar-refractivity contribution in [1.82, 2.24) is 0 Å². The number of hydrogen-bond donors (Lipinski definition) is 1. The van der Waals surface area contributed by atoms with Crippen LogP contribution in [-0.2, 0) is 9.47 Å². The molecule has 1 saturated heterocycles. The molecule has 1 aromatic rings. The lowest BCUT2D eigenvalue weighted by Gasteiger charge is -2.22. The van der Waals surface area contributed by atoms with E-state index in [2.05, 4.69) is 5.32 Å². The molecule has 0 spiro atoms. The molecular weight excluding hydrogens is 249 g/mol. The maximum absolute atomic E-state index is 13.6. The first-order valence-electron chi connectivity index (χ1n) is 6.33. The molecule has 0 aromatic heterocycles. The third kappa shape index (κ3) is 3.30. The van der Waals surface area contributed by atoms with E-state index in [1.807, 2.05) is 6.92 Å². The second-order valence-electron chi connectivity index (χ2n) is 4.73. The molecule has 2 rings (SSSR count). The van der Waals surface area contributed by atoms with Crippen LogP contribution in [0.5, 0.6) is 0 Å². The van der Waals surface area contributed by atoms with Crippen LogP contribution in [0.3, 0.4) is 0 Å². The van der Waals surface area contributed by atoms with Crippen molar-refractivity contribution in [1.29, 1.82) is 0 Å². The summed E-state index contributed by atoms with van der Waals surface area (Å²) in [4.78, 5) is 11.4. The molecule has 1 N–H and O–H groups in total. The lowest BCUT2D eigenvalue weighted by molar-refractivity contribution is -0.144. The van der Waals surface area contributed by atoms with Crippen LogP contribution in [0.1, 0.15) is 30.6 Å². The number of carbonyl (C=O) groups is 1. The molecule has 19 heavy (non-hydrogen) atoms. The lowest BCUT2D eigenvalue weighted by atomic mass is 10.1. The van der Waals surface area contributed by atoms with Gasteiger partial charge in [-0.1, -0.05) is 6.07 Å². The van der Waals surface area contributed by atoms with Crippen molar-refractivity contribution in [2.45, 2.75) is 26.1 Å². The fraction of sp³-hybridized carbons (Fsp3) is 0.500. The number of hydrogen-bond acceptors (Lipinski definition) is 4. The van der Waals surface area contributed by atoms with E-state index in [0.717, 1.165) is 0 Å². The smallest absolute Gasteiger partial charge is 0.167 e. The van der Waals surface area contributed by atoms with Gasteiger partial charge >= 0.3 is 0 Å². The van der Waals surface area contributed by atoms with E-state index >= 15 is 0 Å². The van der Waals surface area contributed by atoms with Crippen molar-refractivity contribution >= 4 is 11.5 Å². The molecule has 104 valence electrons. The normalized spacial score (nSPS) is 17.4. The zero-order valence-electron chi connectivity index (χ0n) is 11.2. The molecule has 1 heterocycles. The summed E-state index contributed by atoms with van der Waals surface area (Å²) in [6, 6.07) is 4.55. The Bertz CT molecular complexity index is 470. The van der Waals surface area contributed by atoms with E-state index in [9.17, 15) is 9.18 Å². The highest BCUT2D eigenvalue weighted by molar-refractivity contribution is 5.99. The largest absolute Gasteiger partial charge is 0.384 e. The number of benzene rings is 1. The van der Waals surface area contributed by atoms with E-state index < -0.39 is 11.6 Å². The highest BCUT2D eigenvalue weighted by atomic mass is 19.1. The molecule has 0 atom stereocenters. The van der Waals surface area contributed by atoms with Crippen molar-refractivity contribution in [3.63, 3.8) is 0 Å². The maximum Gasteiger partial charge on any atom is 0.167 e. The summed E-state index contributed by atoms with van der Waals surface area (Å²) in [7, 11) is 0. The van der Waals surface area contributed by atoms with Gasteiger partial charge in [-0.15, -0.1) is 0 Å². The molecule has 1 aromatic carbocycles. The minimum absolute atomic E-state index is 0.0981. The Morgan fingerprint density at radius 3 is 2.74 bits per heavy atom. The molecule has 0 saturated carbocycles. The molecule has 0 aliphatic carbocycles. The molecule has 1 fully saturated rings. The Hall–Kier alpha value is -1.46. The quantitative estimate of drug-likeness (QED) is 0.833. The van der Waals surface area contributed by atoms with E-state index in [4.69, 9.17) is 9.47 Å². The summed E-state index contributed by atoms with van der Waals surface area (Å²) >= 11 is 0. The highest BCUT2D eigenvalue weighted by Gasteiger charge is 2.30. The summed E-state index contributed by atoms with van der Waals surface area (Å²) in [6.45, 7) is 4.96. The summed E-state index contributed by atoms with van der Waals surface area (Å²) < 4.78 is 24.5. The van der Waals surface area contributed by atoms with Crippen LogP contribution in [0.15, 0.2) is 18.2 Å². The fourth-order valence-electron chi connectivity index (χ4n) is 2.15. The van der Waals surface area contributed by atoms with Gasteiger partial charge in [-0.3, -0.25) is 4.79 Å². The number of ether oxygens (including phenoxy) is 2. The first-order chi connectivity index (χ1) is 9.02. The third-order valence-corrected chi connectivity index (χ3v) is 3.16. The third-order valence-electron chi connectivity index (χ3n) is 3.16.